The summed E-state index contributed by atoms with van der Waals surface area (Å²) in [5.74, 6) is -2.62. The van der Waals surface area contributed by atoms with Gasteiger partial charge in [-0.1, -0.05) is 19.6 Å². The average Bonchev–Trinajstić information content (AvgIpc) is 3.12. The zero-order valence-electron chi connectivity index (χ0n) is 21.2. The minimum atomic E-state index is -3.00. The lowest BCUT2D eigenvalue weighted by atomic mass is 10.2. The smallest absolute Gasteiger partial charge is 0.319 e. The Kier molecular flexibility index (Phi) is 8.45. The molecule has 14 heteroatoms. The zero-order chi connectivity index (χ0) is 27.7. The molecule has 0 unspecified atom stereocenters. The normalized spacial score (nSPS) is 15.3. The molecule has 0 saturated carbocycles. The molecule has 2 aromatic heterocycles. The molecule has 1 aromatic carbocycles. The van der Waals surface area contributed by atoms with Crippen molar-refractivity contribution in [2.45, 2.75) is 32.4 Å². The second-order valence-corrected chi connectivity index (χ2v) is 19.1. The number of nitrogens with one attached hydrogen (secondary N) is 2. The van der Waals surface area contributed by atoms with Crippen molar-refractivity contribution in [3.63, 3.8) is 0 Å². The van der Waals surface area contributed by atoms with Crippen molar-refractivity contribution < 1.29 is 31.5 Å². The molecule has 9 nitrogen and oxygen atoms in total. The molecule has 38 heavy (non-hydrogen) atoms. The summed E-state index contributed by atoms with van der Waals surface area (Å²) in [6.45, 7) is 7.85. The van der Waals surface area contributed by atoms with E-state index in [9.17, 15) is 22.0 Å². The second kappa shape index (κ2) is 11.3. The number of carbonyl (C=O) groups is 1. The monoisotopic (exact) mass is 630 g/mol. The molecule has 4 rings (SSSR count). The molecule has 1 aliphatic rings. The minimum absolute atomic E-state index is 0.00989. The molecule has 3 heterocycles. The van der Waals surface area contributed by atoms with Gasteiger partial charge in [0.2, 0.25) is 0 Å². The Labute approximate surface area is 229 Å². The highest BCUT2D eigenvalue weighted by molar-refractivity contribution is 9.10. The third-order valence-electron chi connectivity index (χ3n) is 5.90. The highest BCUT2D eigenvalue weighted by Gasteiger charge is 2.33. The Morgan fingerprint density at radius 3 is 2.55 bits per heavy atom. The van der Waals surface area contributed by atoms with Gasteiger partial charge in [0.05, 0.1) is 16.9 Å². The van der Waals surface area contributed by atoms with Crippen LogP contribution in [-0.4, -0.2) is 56.7 Å². The van der Waals surface area contributed by atoms with Gasteiger partial charge < -0.3 is 24.7 Å². The van der Waals surface area contributed by atoms with Crippen molar-refractivity contribution >= 4 is 56.6 Å². The van der Waals surface area contributed by atoms with Crippen LogP contribution < -0.4 is 15.4 Å². The van der Waals surface area contributed by atoms with E-state index >= 15 is 0 Å². The van der Waals surface area contributed by atoms with Gasteiger partial charge in [-0.15, -0.1) is 0 Å². The number of urea groups is 1. The minimum Gasteiger partial charge on any atom is -0.450 e. The largest absolute Gasteiger partial charge is 0.450 e. The maximum absolute atomic E-state index is 14.9. The first-order valence-electron chi connectivity index (χ1n) is 11.9. The van der Waals surface area contributed by atoms with Gasteiger partial charge in [0.25, 0.3) is 0 Å². The third-order valence-corrected chi connectivity index (χ3v) is 10.2. The Morgan fingerprint density at radius 2 is 1.92 bits per heavy atom. The zero-order valence-corrected chi connectivity index (χ0v) is 24.6. The first kappa shape index (κ1) is 28.5. The molecule has 0 bridgehead atoms. The number of benzene rings is 1. The maximum Gasteiger partial charge on any atom is 0.319 e. The maximum atomic E-state index is 14.9. The number of halogens is 3. The molecule has 0 aliphatic carbocycles. The van der Waals surface area contributed by atoms with Gasteiger partial charge in [0.15, 0.2) is 27.2 Å². The first-order chi connectivity index (χ1) is 17.8. The molecule has 2 amide bonds. The van der Waals surface area contributed by atoms with Crippen molar-refractivity contribution in [2.75, 3.05) is 30.0 Å². The highest BCUT2D eigenvalue weighted by atomic mass is 79.9. The summed E-state index contributed by atoms with van der Waals surface area (Å²) in [7, 11) is -4.23. The van der Waals surface area contributed by atoms with Crippen molar-refractivity contribution in [2.24, 2.45) is 5.92 Å². The molecular formula is C24H29BrF2N4O5SSi. The number of rotatable bonds is 10. The van der Waals surface area contributed by atoms with Crippen LogP contribution in [-0.2, 0) is 21.3 Å². The lowest BCUT2D eigenvalue weighted by Crippen LogP contribution is -2.44. The molecule has 1 saturated heterocycles. The summed E-state index contributed by atoms with van der Waals surface area (Å²) in [4.78, 5) is 16.5. The van der Waals surface area contributed by atoms with E-state index < -0.39 is 41.3 Å². The topological polar surface area (TPSA) is 112 Å². The van der Waals surface area contributed by atoms with Crippen molar-refractivity contribution in [1.29, 1.82) is 0 Å². The molecule has 1 fully saturated rings. The molecule has 0 radical (unpaired) electrons. The molecule has 1 aliphatic heterocycles. The standard InChI is InChI=1S/C24H29BrF2N4O5SSi/c1-38(2,3)7-6-35-14-31-11-17(25)21-20(4-5-28-23(21)31)36-22-18(26)8-16(9-19(22)27)30-24(32)29-10-15-12-37(33,34)13-15/h4-5,8-9,11,15H,6-7,10,12-14H2,1-3H3,(H2,29,30,32). The SMILES string of the molecule is C[Si](C)(C)CCOCn1cc(Br)c2c(Oc3c(F)cc(NC(=O)NCC4CS(=O)(=O)C4)cc3F)ccnc21. The number of fused-ring (bicyclic) bond motifs is 1. The summed E-state index contributed by atoms with van der Waals surface area (Å²) >= 11 is 3.47. The number of ether oxygens (including phenoxy) is 2. The predicted molar refractivity (Wildman–Crippen MR) is 147 cm³/mol. The van der Waals surface area contributed by atoms with E-state index in [0.717, 1.165) is 18.2 Å². The molecule has 0 spiro atoms. The molecule has 0 atom stereocenters. The number of carbonyl (C=O) groups excluding carboxylic acids is 1. The van der Waals surface area contributed by atoms with Crippen molar-refractivity contribution in [3.05, 3.63) is 46.7 Å². The predicted octanol–water partition coefficient (Wildman–Crippen LogP) is 5.35. The van der Waals surface area contributed by atoms with Crippen LogP contribution in [0.2, 0.25) is 25.7 Å². The average molecular weight is 632 g/mol. The third kappa shape index (κ3) is 7.10. The summed E-state index contributed by atoms with van der Waals surface area (Å²) in [6.07, 6.45) is 3.25. The lowest BCUT2D eigenvalue weighted by molar-refractivity contribution is 0.0898. The Hall–Kier alpha value is -2.55. The Morgan fingerprint density at radius 1 is 1.24 bits per heavy atom. The van der Waals surface area contributed by atoms with Crippen molar-refractivity contribution in [1.82, 2.24) is 14.9 Å². The lowest BCUT2D eigenvalue weighted by Gasteiger charge is -2.25. The molecule has 3 aromatic rings. The Balaban J connectivity index is 1.44. The van der Waals surface area contributed by atoms with E-state index in [1.165, 1.54) is 12.3 Å². The second-order valence-electron chi connectivity index (χ2n) is 10.5. The number of amides is 2. The van der Waals surface area contributed by atoms with Crippen LogP contribution in [0, 0.1) is 17.6 Å². The fourth-order valence-corrected chi connectivity index (χ4v) is 6.85. The Bertz CT molecular complexity index is 1430. The van der Waals surface area contributed by atoms with Crippen LogP contribution in [0.1, 0.15) is 0 Å². The van der Waals surface area contributed by atoms with E-state index in [4.69, 9.17) is 9.47 Å². The van der Waals surface area contributed by atoms with Crippen LogP contribution in [0.15, 0.2) is 35.1 Å². The van der Waals surface area contributed by atoms with Gasteiger partial charge in [-0.2, -0.15) is 0 Å². The summed E-state index contributed by atoms with van der Waals surface area (Å²) in [5, 5.41) is 5.38. The van der Waals surface area contributed by atoms with Crippen molar-refractivity contribution in [3.8, 4) is 11.5 Å². The van der Waals surface area contributed by atoms with Crippen LogP contribution in [0.25, 0.3) is 11.0 Å². The van der Waals surface area contributed by atoms with Gasteiger partial charge in [-0.3, -0.25) is 0 Å². The number of anilines is 1. The van der Waals surface area contributed by atoms with Crippen LogP contribution in [0.4, 0.5) is 19.3 Å². The van der Waals surface area contributed by atoms with Gasteiger partial charge in [-0.25, -0.2) is 27.0 Å². The fraction of sp³-hybridized carbons (Fsp3) is 0.417. The van der Waals surface area contributed by atoms with Gasteiger partial charge in [0, 0.05) is 61.8 Å². The van der Waals surface area contributed by atoms with E-state index in [-0.39, 0.29) is 42.1 Å². The summed E-state index contributed by atoms with van der Waals surface area (Å²) in [6, 6.07) is 3.70. The highest BCUT2D eigenvalue weighted by Crippen LogP contribution is 2.37. The van der Waals surface area contributed by atoms with Gasteiger partial charge in [0.1, 0.15) is 18.1 Å². The van der Waals surface area contributed by atoms with Crippen LogP contribution in [0.5, 0.6) is 11.5 Å². The number of sulfone groups is 1. The number of hydrogen-bond acceptors (Lipinski definition) is 6. The molecule has 2 N–H and O–H groups in total. The van der Waals surface area contributed by atoms with Crippen LogP contribution >= 0.6 is 15.9 Å². The van der Waals surface area contributed by atoms with Gasteiger partial charge in [-0.05, 0) is 28.0 Å². The fourth-order valence-electron chi connectivity index (χ4n) is 3.90. The van der Waals surface area contributed by atoms with E-state index in [2.05, 4.69) is 51.2 Å². The van der Waals surface area contributed by atoms with E-state index in [1.807, 2.05) is 0 Å². The first-order valence-corrected chi connectivity index (χ1v) is 18.3. The number of pyridine rings is 1. The number of aromatic nitrogens is 2. The summed E-state index contributed by atoms with van der Waals surface area (Å²) < 4.78 is 66.0. The van der Waals surface area contributed by atoms with E-state index in [1.54, 1.807) is 10.8 Å². The molecular weight excluding hydrogens is 602 g/mol. The molecule has 206 valence electrons. The summed E-state index contributed by atoms with van der Waals surface area (Å²) in [5.41, 5.74) is 0.408. The number of nitrogens with zero attached hydrogens (tertiary/aromatic N) is 2. The van der Waals surface area contributed by atoms with Gasteiger partial charge >= 0.3 is 6.03 Å². The van der Waals surface area contributed by atoms with Crippen LogP contribution in [0.3, 0.4) is 0 Å². The quantitative estimate of drug-likeness (QED) is 0.231. The number of hydrogen-bond donors (Lipinski definition) is 2. The van der Waals surface area contributed by atoms with E-state index in [0.29, 0.717) is 22.1 Å².